The summed E-state index contributed by atoms with van der Waals surface area (Å²) in [5.74, 6) is 1.28. The van der Waals surface area contributed by atoms with Crippen LogP contribution in [0, 0.1) is 0 Å². The molecule has 0 aromatic heterocycles. The van der Waals surface area contributed by atoms with E-state index in [4.69, 9.17) is 9.47 Å². The van der Waals surface area contributed by atoms with Crippen LogP contribution in [0.25, 0.3) is 11.1 Å². The average Bonchev–Trinajstić information content (AvgIpc) is 2.72. The van der Waals surface area contributed by atoms with Gasteiger partial charge < -0.3 is 14.8 Å². The molecule has 4 nitrogen and oxygen atoms in total. The van der Waals surface area contributed by atoms with E-state index in [1.165, 1.54) is 0 Å². The zero-order chi connectivity index (χ0) is 18.4. The Kier molecular flexibility index (Phi) is 5.54. The van der Waals surface area contributed by atoms with Crippen molar-refractivity contribution in [3.63, 3.8) is 0 Å². The summed E-state index contributed by atoms with van der Waals surface area (Å²) >= 11 is 0. The fraction of sp³-hybridized carbons (Fsp3) is 0.136. The van der Waals surface area contributed by atoms with Crippen LogP contribution in [0.1, 0.15) is 15.9 Å². The lowest BCUT2D eigenvalue weighted by atomic mass is 10.0. The quantitative estimate of drug-likeness (QED) is 0.723. The molecule has 26 heavy (non-hydrogen) atoms. The lowest BCUT2D eigenvalue weighted by molar-refractivity contribution is 0.0950. The third-order valence-corrected chi connectivity index (χ3v) is 4.19. The first-order valence-electron chi connectivity index (χ1n) is 8.36. The van der Waals surface area contributed by atoms with Gasteiger partial charge in [0.25, 0.3) is 5.91 Å². The maximum atomic E-state index is 12.4. The van der Waals surface area contributed by atoms with Gasteiger partial charge in [-0.1, -0.05) is 42.5 Å². The summed E-state index contributed by atoms with van der Waals surface area (Å²) in [4.78, 5) is 12.4. The zero-order valence-electron chi connectivity index (χ0n) is 14.9. The molecular weight excluding hydrogens is 326 g/mol. The first-order chi connectivity index (χ1) is 12.7. The Hall–Kier alpha value is -3.27. The molecular formula is C22H21NO3. The Morgan fingerprint density at radius 3 is 2.19 bits per heavy atom. The summed E-state index contributed by atoms with van der Waals surface area (Å²) in [7, 11) is 3.21. The molecule has 132 valence electrons. The van der Waals surface area contributed by atoms with Crippen LogP contribution in [0.4, 0.5) is 0 Å². The normalized spacial score (nSPS) is 10.2. The molecule has 0 aliphatic heterocycles. The van der Waals surface area contributed by atoms with Crippen LogP contribution in [-0.4, -0.2) is 20.1 Å². The summed E-state index contributed by atoms with van der Waals surface area (Å²) in [5, 5.41) is 2.93. The fourth-order valence-corrected chi connectivity index (χ4v) is 2.72. The minimum atomic E-state index is -0.123. The number of amides is 1. The molecule has 4 heteroatoms. The molecule has 3 rings (SSSR count). The summed E-state index contributed by atoms with van der Waals surface area (Å²) in [6, 6.07) is 23.2. The van der Waals surface area contributed by atoms with Crippen molar-refractivity contribution in [1.29, 1.82) is 0 Å². The fourth-order valence-electron chi connectivity index (χ4n) is 2.72. The van der Waals surface area contributed by atoms with Crippen LogP contribution in [-0.2, 0) is 6.54 Å². The molecule has 0 unspecified atom stereocenters. The number of carbonyl (C=O) groups is 1. The van der Waals surface area contributed by atoms with E-state index < -0.39 is 0 Å². The molecule has 0 bridgehead atoms. The number of methoxy groups -OCH3 is 2. The van der Waals surface area contributed by atoms with Crippen LogP contribution < -0.4 is 14.8 Å². The number of hydrogen-bond acceptors (Lipinski definition) is 3. The lowest BCUT2D eigenvalue weighted by Crippen LogP contribution is -2.23. The van der Waals surface area contributed by atoms with Crippen molar-refractivity contribution in [3.05, 3.63) is 83.9 Å². The molecule has 1 amide bonds. The van der Waals surface area contributed by atoms with Crippen molar-refractivity contribution in [2.75, 3.05) is 14.2 Å². The van der Waals surface area contributed by atoms with E-state index in [2.05, 4.69) is 5.32 Å². The molecule has 0 fully saturated rings. The maximum Gasteiger partial charge on any atom is 0.251 e. The van der Waals surface area contributed by atoms with Gasteiger partial charge in [0.15, 0.2) is 0 Å². The maximum absolute atomic E-state index is 12.4. The largest absolute Gasteiger partial charge is 0.497 e. The summed E-state index contributed by atoms with van der Waals surface area (Å²) < 4.78 is 10.5. The molecule has 0 heterocycles. The highest BCUT2D eigenvalue weighted by molar-refractivity contribution is 5.94. The van der Waals surface area contributed by atoms with E-state index in [0.717, 1.165) is 16.7 Å². The number of nitrogens with one attached hydrogen (secondary N) is 1. The second kappa shape index (κ2) is 8.21. The van der Waals surface area contributed by atoms with Gasteiger partial charge in [-0.15, -0.1) is 0 Å². The molecule has 0 saturated heterocycles. The Labute approximate surface area is 153 Å². The molecule has 3 aromatic carbocycles. The van der Waals surface area contributed by atoms with Crippen molar-refractivity contribution >= 4 is 5.91 Å². The van der Waals surface area contributed by atoms with Crippen LogP contribution in [0.2, 0.25) is 0 Å². The van der Waals surface area contributed by atoms with Crippen molar-refractivity contribution in [1.82, 2.24) is 5.32 Å². The van der Waals surface area contributed by atoms with Crippen LogP contribution >= 0.6 is 0 Å². The molecule has 0 aliphatic carbocycles. The van der Waals surface area contributed by atoms with Crippen LogP contribution in [0.3, 0.4) is 0 Å². The highest BCUT2D eigenvalue weighted by atomic mass is 16.5. The minimum absolute atomic E-state index is 0.123. The van der Waals surface area contributed by atoms with Crippen molar-refractivity contribution in [2.24, 2.45) is 0 Å². The Bertz CT molecular complexity index is 874. The smallest absolute Gasteiger partial charge is 0.251 e. The average molecular weight is 347 g/mol. The van der Waals surface area contributed by atoms with Crippen LogP contribution in [0.15, 0.2) is 72.8 Å². The van der Waals surface area contributed by atoms with Crippen molar-refractivity contribution in [3.8, 4) is 22.6 Å². The van der Waals surface area contributed by atoms with Gasteiger partial charge in [-0.2, -0.15) is 0 Å². The number of carbonyl (C=O) groups excluding carboxylic acids is 1. The zero-order valence-corrected chi connectivity index (χ0v) is 14.9. The lowest BCUT2D eigenvalue weighted by Gasteiger charge is -2.11. The molecule has 0 radical (unpaired) electrons. The van der Waals surface area contributed by atoms with E-state index in [-0.39, 0.29) is 5.91 Å². The van der Waals surface area contributed by atoms with Crippen LogP contribution in [0.5, 0.6) is 11.5 Å². The van der Waals surface area contributed by atoms with Crippen molar-refractivity contribution < 1.29 is 14.3 Å². The first kappa shape index (κ1) is 17.5. The van der Waals surface area contributed by atoms with Gasteiger partial charge in [0.2, 0.25) is 0 Å². The number of hydrogen-bond donors (Lipinski definition) is 1. The topological polar surface area (TPSA) is 47.6 Å². The van der Waals surface area contributed by atoms with E-state index in [0.29, 0.717) is 23.6 Å². The van der Waals surface area contributed by atoms with Gasteiger partial charge in [0, 0.05) is 23.7 Å². The number of benzene rings is 3. The first-order valence-corrected chi connectivity index (χ1v) is 8.36. The molecule has 3 aromatic rings. The number of rotatable bonds is 6. The summed E-state index contributed by atoms with van der Waals surface area (Å²) in [6.45, 7) is 0.381. The molecule has 0 spiro atoms. The van der Waals surface area contributed by atoms with Gasteiger partial charge in [-0.05, 0) is 35.4 Å². The number of ether oxygens (including phenoxy) is 2. The SMILES string of the molecule is COc1ccc(CNC(=O)c2ccc(-c3ccccc3)cc2)c(OC)c1. The highest BCUT2D eigenvalue weighted by Gasteiger charge is 2.09. The monoisotopic (exact) mass is 347 g/mol. The van der Waals surface area contributed by atoms with Gasteiger partial charge >= 0.3 is 0 Å². The molecule has 0 aliphatic rings. The Balaban J connectivity index is 1.67. The van der Waals surface area contributed by atoms with E-state index >= 15 is 0 Å². The second-order valence-corrected chi connectivity index (χ2v) is 5.80. The van der Waals surface area contributed by atoms with Gasteiger partial charge in [-0.3, -0.25) is 4.79 Å². The summed E-state index contributed by atoms with van der Waals surface area (Å²) in [6.07, 6.45) is 0. The predicted octanol–water partition coefficient (Wildman–Crippen LogP) is 4.30. The Morgan fingerprint density at radius 1 is 0.846 bits per heavy atom. The standard InChI is InChI=1S/C22H21NO3/c1-25-20-13-12-19(21(14-20)26-2)15-23-22(24)18-10-8-17(9-11-18)16-6-4-3-5-7-16/h3-14H,15H2,1-2H3,(H,23,24). The Morgan fingerprint density at radius 2 is 1.54 bits per heavy atom. The van der Waals surface area contributed by atoms with E-state index in [1.54, 1.807) is 20.3 Å². The summed E-state index contributed by atoms with van der Waals surface area (Å²) in [5.41, 5.74) is 3.72. The predicted molar refractivity (Wildman–Crippen MR) is 103 cm³/mol. The van der Waals surface area contributed by atoms with Gasteiger partial charge in [0.1, 0.15) is 11.5 Å². The van der Waals surface area contributed by atoms with Gasteiger partial charge in [0.05, 0.1) is 14.2 Å². The molecule has 1 N–H and O–H groups in total. The second-order valence-electron chi connectivity index (χ2n) is 5.80. The van der Waals surface area contributed by atoms with E-state index in [1.807, 2.05) is 66.7 Å². The van der Waals surface area contributed by atoms with Crippen molar-refractivity contribution in [2.45, 2.75) is 6.54 Å². The van der Waals surface area contributed by atoms with E-state index in [9.17, 15) is 4.79 Å². The third kappa shape index (κ3) is 4.03. The minimum Gasteiger partial charge on any atom is -0.497 e. The third-order valence-electron chi connectivity index (χ3n) is 4.19. The molecule has 0 atom stereocenters. The van der Waals surface area contributed by atoms with Gasteiger partial charge in [-0.25, -0.2) is 0 Å². The molecule has 0 saturated carbocycles. The highest BCUT2D eigenvalue weighted by Crippen LogP contribution is 2.24.